The molecule has 0 atom stereocenters. The Morgan fingerprint density at radius 3 is 2.15 bits per heavy atom. The maximum absolute atomic E-state index is 4.93. The van der Waals surface area contributed by atoms with Gasteiger partial charge in [-0.1, -0.05) is 78.4 Å². The molecule has 0 unspecified atom stereocenters. The van der Waals surface area contributed by atoms with E-state index in [0.29, 0.717) is 6.67 Å². The maximum Gasteiger partial charge on any atom is 0.137 e. The van der Waals surface area contributed by atoms with Crippen LogP contribution >= 0.6 is 0 Å². The molecule has 0 N–H and O–H groups in total. The lowest BCUT2D eigenvalue weighted by Gasteiger charge is -2.36. The molecule has 0 bridgehead atoms. The first-order valence-electron chi connectivity index (χ1n) is 9.00. The third-order valence-electron chi connectivity index (χ3n) is 4.64. The molecule has 0 saturated carbocycles. The van der Waals surface area contributed by atoms with Gasteiger partial charge in [-0.3, -0.25) is 9.89 Å². The van der Waals surface area contributed by atoms with Gasteiger partial charge in [0.1, 0.15) is 5.84 Å². The normalized spacial score (nSPS) is 15.0. The van der Waals surface area contributed by atoms with Gasteiger partial charge in [-0.15, -0.1) is 0 Å². The van der Waals surface area contributed by atoms with Crippen molar-refractivity contribution in [2.75, 3.05) is 18.2 Å². The van der Waals surface area contributed by atoms with Crippen LogP contribution in [0.5, 0.6) is 0 Å². The van der Waals surface area contributed by atoms with Gasteiger partial charge in [0.2, 0.25) is 0 Å². The summed E-state index contributed by atoms with van der Waals surface area (Å²) in [6, 6.07) is 29.7. The topological polar surface area (TPSA) is 18.8 Å². The first-order chi connectivity index (χ1) is 12.8. The van der Waals surface area contributed by atoms with Crippen LogP contribution in [0.4, 0.5) is 5.69 Å². The number of hydrogen-bond donors (Lipinski definition) is 0. The van der Waals surface area contributed by atoms with Gasteiger partial charge in [0, 0.05) is 17.8 Å². The summed E-state index contributed by atoms with van der Waals surface area (Å²) in [5.74, 6) is 1.04. The third kappa shape index (κ3) is 3.68. The Morgan fingerprint density at radius 2 is 1.46 bits per heavy atom. The van der Waals surface area contributed by atoms with Crippen molar-refractivity contribution in [3.8, 4) is 0 Å². The van der Waals surface area contributed by atoms with Gasteiger partial charge in [0.15, 0.2) is 0 Å². The van der Waals surface area contributed by atoms with Crippen molar-refractivity contribution in [1.29, 1.82) is 0 Å². The molecule has 130 valence electrons. The van der Waals surface area contributed by atoms with Gasteiger partial charge >= 0.3 is 0 Å². The first kappa shape index (κ1) is 16.6. The first-order valence-corrected chi connectivity index (χ1v) is 9.00. The lowest BCUT2D eigenvalue weighted by atomic mass is 10.1. The molecule has 3 aromatic carbocycles. The van der Waals surface area contributed by atoms with Gasteiger partial charge in [0.05, 0.1) is 13.3 Å². The molecule has 0 amide bonds. The summed E-state index contributed by atoms with van der Waals surface area (Å²) in [6.07, 6.45) is 0. The molecule has 0 aromatic heterocycles. The molecule has 3 aromatic rings. The highest BCUT2D eigenvalue weighted by molar-refractivity contribution is 6.10. The number of rotatable bonds is 4. The zero-order valence-electron chi connectivity index (χ0n) is 15.0. The van der Waals surface area contributed by atoms with Crippen LogP contribution in [0.3, 0.4) is 0 Å². The number of nitrogens with zero attached hydrogens (tertiary/aromatic N) is 3. The minimum absolute atomic E-state index is 0.710. The Morgan fingerprint density at radius 1 is 0.808 bits per heavy atom. The zero-order chi connectivity index (χ0) is 17.8. The predicted octanol–water partition coefficient (Wildman–Crippen LogP) is 4.68. The van der Waals surface area contributed by atoms with Crippen LogP contribution in [0, 0.1) is 6.92 Å². The van der Waals surface area contributed by atoms with E-state index >= 15 is 0 Å². The second kappa shape index (κ2) is 7.54. The number of aliphatic imine (C=N–C) groups is 1. The van der Waals surface area contributed by atoms with E-state index in [1.165, 1.54) is 16.8 Å². The summed E-state index contributed by atoms with van der Waals surface area (Å²) >= 11 is 0. The van der Waals surface area contributed by atoms with E-state index in [2.05, 4.69) is 95.6 Å². The van der Waals surface area contributed by atoms with E-state index < -0.39 is 0 Å². The largest absolute Gasteiger partial charge is 0.313 e. The molecule has 1 heterocycles. The number of amidine groups is 1. The standard InChI is InChI=1S/C23H23N3/c1-19-12-14-22(15-13-19)26-18-25(16-20-8-4-2-5-9-20)17-24-23(26)21-10-6-3-7-11-21/h2-15H,16-18H2,1H3. The molecule has 1 aliphatic heterocycles. The highest BCUT2D eigenvalue weighted by atomic mass is 15.4. The molecule has 3 nitrogen and oxygen atoms in total. The van der Waals surface area contributed by atoms with Crippen LogP contribution in [-0.2, 0) is 6.54 Å². The predicted molar refractivity (Wildman–Crippen MR) is 108 cm³/mol. The number of hydrogen-bond acceptors (Lipinski definition) is 3. The van der Waals surface area contributed by atoms with E-state index in [0.717, 1.165) is 24.6 Å². The van der Waals surface area contributed by atoms with Gasteiger partial charge in [-0.2, -0.15) is 0 Å². The average molecular weight is 341 g/mol. The van der Waals surface area contributed by atoms with Crippen molar-refractivity contribution in [2.24, 2.45) is 4.99 Å². The third-order valence-corrected chi connectivity index (χ3v) is 4.64. The quantitative estimate of drug-likeness (QED) is 0.686. The van der Waals surface area contributed by atoms with Crippen molar-refractivity contribution < 1.29 is 0 Å². The monoisotopic (exact) mass is 341 g/mol. The fourth-order valence-corrected chi connectivity index (χ4v) is 3.27. The molecule has 0 spiro atoms. The van der Waals surface area contributed by atoms with E-state index in [1.54, 1.807) is 0 Å². The van der Waals surface area contributed by atoms with Crippen molar-refractivity contribution in [3.63, 3.8) is 0 Å². The van der Waals surface area contributed by atoms with Crippen LogP contribution in [0.2, 0.25) is 0 Å². The van der Waals surface area contributed by atoms with Crippen molar-refractivity contribution in [3.05, 3.63) is 102 Å². The fourth-order valence-electron chi connectivity index (χ4n) is 3.27. The van der Waals surface area contributed by atoms with E-state index in [-0.39, 0.29) is 0 Å². The second-order valence-electron chi connectivity index (χ2n) is 6.71. The summed E-state index contributed by atoms with van der Waals surface area (Å²) < 4.78 is 0. The number of aryl methyl sites for hydroxylation is 1. The lowest BCUT2D eigenvalue weighted by molar-refractivity contribution is 0.273. The molecule has 0 radical (unpaired) electrons. The zero-order valence-corrected chi connectivity index (χ0v) is 15.0. The summed E-state index contributed by atoms with van der Waals surface area (Å²) in [5.41, 5.74) is 4.92. The molecule has 0 aliphatic carbocycles. The Bertz CT molecular complexity index is 870. The summed E-state index contributed by atoms with van der Waals surface area (Å²) in [4.78, 5) is 9.60. The molecule has 26 heavy (non-hydrogen) atoms. The molecule has 4 rings (SSSR count). The van der Waals surface area contributed by atoms with Crippen molar-refractivity contribution in [1.82, 2.24) is 4.90 Å². The molecule has 3 heteroatoms. The highest BCUT2D eigenvalue weighted by Crippen LogP contribution is 2.22. The smallest absolute Gasteiger partial charge is 0.137 e. The Labute approximate surface area is 155 Å². The van der Waals surface area contributed by atoms with Crippen molar-refractivity contribution >= 4 is 11.5 Å². The van der Waals surface area contributed by atoms with Crippen LogP contribution < -0.4 is 4.90 Å². The molecule has 1 aliphatic rings. The van der Waals surface area contributed by atoms with E-state index in [4.69, 9.17) is 4.99 Å². The Balaban J connectivity index is 1.64. The Kier molecular flexibility index (Phi) is 4.80. The lowest BCUT2D eigenvalue weighted by Crippen LogP contribution is -2.46. The fraction of sp³-hybridized carbons (Fsp3) is 0.174. The Hall–Kier alpha value is -2.91. The molecule has 0 saturated heterocycles. The van der Waals surface area contributed by atoms with Gasteiger partial charge in [-0.05, 0) is 24.6 Å². The van der Waals surface area contributed by atoms with Crippen LogP contribution in [0.25, 0.3) is 0 Å². The maximum atomic E-state index is 4.93. The average Bonchev–Trinajstić information content (AvgIpc) is 2.70. The number of anilines is 1. The van der Waals surface area contributed by atoms with Gasteiger partial charge in [-0.25, -0.2) is 0 Å². The van der Waals surface area contributed by atoms with Crippen LogP contribution in [0.1, 0.15) is 16.7 Å². The summed E-state index contributed by atoms with van der Waals surface area (Å²) in [7, 11) is 0. The minimum atomic E-state index is 0.710. The van der Waals surface area contributed by atoms with E-state index in [9.17, 15) is 0 Å². The highest BCUT2D eigenvalue weighted by Gasteiger charge is 2.23. The molecular formula is C23H23N3. The summed E-state index contributed by atoms with van der Waals surface area (Å²) in [6.45, 7) is 4.55. The van der Waals surface area contributed by atoms with Gasteiger partial charge < -0.3 is 4.90 Å². The molecule has 0 fully saturated rings. The summed E-state index contributed by atoms with van der Waals surface area (Å²) in [5, 5.41) is 0. The van der Waals surface area contributed by atoms with E-state index in [1.807, 2.05) is 6.07 Å². The van der Waals surface area contributed by atoms with Crippen LogP contribution in [-0.4, -0.2) is 24.1 Å². The number of benzene rings is 3. The second-order valence-corrected chi connectivity index (χ2v) is 6.71. The minimum Gasteiger partial charge on any atom is -0.313 e. The van der Waals surface area contributed by atoms with Crippen molar-refractivity contribution in [2.45, 2.75) is 13.5 Å². The van der Waals surface area contributed by atoms with Crippen LogP contribution in [0.15, 0.2) is 89.9 Å². The SMILES string of the molecule is Cc1ccc(N2CN(Cc3ccccc3)CN=C2c2ccccc2)cc1. The van der Waals surface area contributed by atoms with Gasteiger partial charge in [0.25, 0.3) is 0 Å². The molecular weight excluding hydrogens is 318 g/mol.